The maximum absolute atomic E-state index is 13.8. The fraction of sp³-hybridized carbons (Fsp3) is 0.312. The zero-order chi connectivity index (χ0) is 16.0. The molecule has 5 heteroatoms. The maximum Gasteiger partial charge on any atom is 0.146 e. The van der Waals surface area contributed by atoms with E-state index in [-0.39, 0.29) is 5.82 Å². The van der Waals surface area contributed by atoms with Gasteiger partial charge in [0.15, 0.2) is 0 Å². The van der Waals surface area contributed by atoms with Gasteiger partial charge in [-0.25, -0.2) is 4.39 Å². The van der Waals surface area contributed by atoms with Crippen LogP contribution in [-0.4, -0.2) is 18.3 Å². The Morgan fingerprint density at radius 1 is 1.14 bits per heavy atom. The third-order valence-corrected chi connectivity index (χ3v) is 4.32. The maximum atomic E-state index is 13.8. The van der Waals surface area contributed by atoms with Crippen LogP contribution in [0.2, 0.25) is 0 Å². The van der Waals surface area contributed by atoms with E-state index in [1.807, 2.05) is 26.8 Å². The van der Waals surface area contributed by atoms with Crippen LogP contribution in [0, 0.1) is 12.7 Å². The molecule has 0 saturated carbocycles. The molecule has 114 valence electrons. The average Bonchev–Trinajstić information content (AvgIpc) is 2.44. The number of benzene rings is 1. The normalized spacial score (nSPS) is 10.6. The van der Waals surface area contributed by atoms with Gasteiger partial charge in [0.05, 0.1) is 17.6 Å². The summed E-state index contributed by atoms with van der Waals surface area (Å²) in [4.78, 5) is 4.00. The Balaban J connectivity index is 0.00000106. The number of anilines is 2. The van der Waals surface area contributed by atoms with Gasteiger partial charge >= 0.3 is 0 Å². The number of hydrogen-bond acceptors (Lipinski definition) is 3. The van der Waals surface area contributed by atoms with Crippen molar-refractivity contribution >= 4 is 23.8 Å². The summed E-state index contributed by atoms with van der Waals surface area (Å²) in [5.74, 6) is -0.336. The van der Waals surface area contributed by atoms with Crippen molar-refractivity contribution in [3.05, 3.63) is 48.0 Å². The van der Waals surface area contributed by atoms with Gasteiger partial charge in [0.1, 0.15) is 13.0 Å². The number of rotatable bonds is 3. The third kappa shape index (κ3) is 4.68. The molecule has 0 bridgehead atoms. The number of hydrogen-bond donors (Lipinski definition) is 1. The van der Waals surface area contributed by atoms with Crippen LogP contribution in [0.4, 0.5) is 15.8 Å². The number of nitrogens with zero attached hydrogens (tertiary/aromatic N) is 1. The van der Waals surface area contributed by atoms with Crippen LogP contribution in [0.1, 0.15) is 19.4 Å². The van der Waals surface area contributed by atoms with Crippen molar-refractivity contribution in [3.63, 3.8) is 0 Å². The Morgan fingerprint density at radius 2 is 1.81 bits per heavy atom. The minimum absolute atomic E-state index is 0.336. The Bertz CT molecular complexity index is 652. The van der Waals surface area contributed by atoms with Gasteiger partial charge in [0, 0.05) is 11.5 Å². The smallest absolute Gasteiger partial charge is 0.146 e. The quantitative estimate of drug-likeness (QED) is 0.846. The molecule has 0 atom stereocenters. The molecular formula is C16H22FN2OP. The van der Waals surface area contributed by atoms with E-state index >= 15 is 0 Å². The fourth-order valence-corrected chi connectivity index (χ4v) is 2.94. The fourth-order valence-electron chi connectivity index (χ4n) is 1.82. The van der Waals surface area contributed by atoms with E-state index in [1.165, 1.54) is 6.07 Å². The van der Waals surface area contributed by atoms with Crippen LogP contribution in [-0.2, 0) is 4.57 Å². The van der Waals surface area contributed by atoms with E-state index < -0.39 is 7.14 Å². The Hall–Kier alpha value is -1.67. The van der Waals surface area contributed by atoms with Crippen molar-refractivity contribution in [1.29, 1.82) is 0 Å². The summed E-state index contributed by atoms with van der Waals surface area (Å²) >= 11 is 0. The van der Waals surface area contributed by atoms with Gasteiger partial charge in [-0.05, 0) is 44.0 Å². The molecule has 1 heterocycles. The van der Waals surface area contributed by atoms with E-state index in [0.29, 0.717) is 16.7 Å². The molecule has 21 heavy (non-hydrogen) atoms. The van der Waals surface area contributed by atoms with Crippen LogP contribution >= 0.6 is 7.14 Å². The number of halogens is 1. The van der Waals surface area contributed by atoms with Crippen LogP contribution in [0.15, 0.2) is 36.7 Å². The van der Waals surface area contributed by atoms with Gasteiger partial charge in [-0.15, -0.1) is 0 Å². The van der Waals surface area contributed by atoms with Crippen LogP contribution in [0.3, 0.4) is 0 Å². The predicted molar refractivity (Wildman–Crippen MR) is 89.1 cm³/mol. The summed E-state index contributed by atoms with van der Waals surface area (Å²) in [5.41, 5.74) is 1.79. The molecule has 1 N–H and O–H groups in total. The minimum atomic E-state index is -2.44. The lowest BCUT2D eigenvalue weighted by Gasteiger charge is -2.15. The molecule has 1 aromatic heterocycles. The van der Waals surface area contributed by atoms with Crippen molar-refractivity contribution in [3.8, 4) is 0 Å². The summed E-state index contributed by atoms with van der Waals surface area (Å²) in [6.07, 6.45) is 3.15. The van der Waals surface area contributed by atoms with E-state index in [4.69, 9.17) is 0 Å². The number of pyridine rings is 1. The second-order valence-corrected chi connectivity index (χ2v) is 8.04. The topological polar surface area (TPSA) is 42.0 Å². The van der Waals surface area contributed by atoms with Gasteiger partial charge in [-0.3, -0.25) is 4.98 Å². The number of aryl methyl sites for hydroxylation is 1. The molecule has 0 radical (unpaired) electrons. The van der Waals surface area contributed by atoms with Crippen molar-refractivity contribution < 1.29 is 8.96 Å². The van der Waals surface area contributed by atoms with Crippen LogP contribution < -0.4 is 10.6 Å². The highest BCUT2D eigenvalue weighted by Gasteiger charge is 2.16. The lowest BCUT2D eigenvalue weighted by Crippen LogP contribution is -2.10. The molecule has 0 aliphatic heterocycles. The third-order valence-electron chi connectivity index (χ3n) is 2.77. The van der Waals surface area contributed by atoms with E-state index in [9.17, 15) is 8.96 Å². The monoisotopic (exact) mass is 308 g/mol. The second-order valence-electron chi connectivity index (χ2n) is 4.85. The first-order valence-corrected chi connectivity index (χ1v) is 9.51. The van der Waals surface area contributed by atoms with E-state index in [1.54, 1.807) is 37.9 Å². The molecule has 0 spiro atoms. The Labute approximate surface area is 126 Å². The summed E-state index contributed by atoms with van der Waals surface area (Å²) < 4.78 is 26.0. The molecule has 0 saturated heterocycles. The summed E-state index contributed by atoms with van der Waals surface area (Å²) in [6, 6.07) is 6.64. The molecule has 0 aliphatic carbocycles. The first kappa shape index (κ1) is 17.4. The minimum Gasteiger partial charge on any atom is -0.351 e. The first-order chi connectivity index (χ1) is 9.88. The Morgan fingerprint density at radius 3 is 2.38 bits per heavy atom. The van der Waals surface area contributed by atoms with Crippen molar-refractivity contribution in [1.82, 2.24) is 4.98 Å². The molecule has 0 unspecified atom stereocenters. The van der Waals surface area contributed by atoms with Crippen molar-refractivity contribution in [2.75, 3.05) is 18.6 Å². The van der Waals surface area contributed by atoms with Gasteiger partial charge in [-0.2, -0.15) is 0 Å². The zero-order valence-electron chi connectivity index (χ0n) is 13.1. The molecular weight excluding hydrogens is 286 g/mol. The summed E-state index contributed by atoms with van der Waals surface area (Å²) in [6.45, 7) is 9.19. The van der Waals surface area contributed by atoms with Crippen molar-refractivity contribution in [2.45, 2.75) is 20.8 Å². The molecule has 2 rings (SSSR count). The lowest BCUT2D eigenvalue weighted by atomic mass is 10.2. The van der Waals surface area contributed by atoms with E-state index in [0.717, 1.165) is 5.56 Å². The molecule has 1 aromatic carbocycles. The van der Waals surface area contributed by atoms with Crippen LogP contribution in [0.25, 0.3) is 0 Å². The SMILES string of the molecule is CC.Cc1ccc(Nc2cnccc2P(C)(C)=O)c(F)c1. The molecule has 0 fully saturated rings. The average molecular weight is 308 g/mol. The lowest BCUT2D eigenvalue weighted by molar-refractivity contribution is 0.588. The molecule has 0 aliphatic rings. The molecule has 2 aromatic rings. The summed E-state index contributed by atoms with van der Waals surface area (Å²) in [5, 5.41) is 3.63. The Kier molecular flexibility index (Phi) is 6.10. The summed E-state index contributed by atoms with van der Waals surface area (Å²) in [7, 11) is -2.44. The largest absolute Gasteiger partial charge is 0.351 e. The highest BCUT2D eigenvalue weighted by atomic mass is 31.2. The number of nitrogens with one attached hydrogen (secondary N) is 1. The van der Waals surface area contributed by atoms with Gasteiger partial charge in [0.25, 0.3) is 0 Å². The second kappa shape index (κ2) is 7.37. The van der Waals surface area contributed by atoms with E-state index in [2.05, 4.69) is 10.3 Å². The standard InChI is InChI=1S/C14H16FN2OP.C2H6/c1-10-4-5-12(11(15)8-10)17-13-9-16-7-6-14(13)19(2,3)18;1-2/h4-9,17H,1-3H3;1-2H3. The predicted octanol–water partition coefficient (Wildman–Crippen LogP) is 4.55. The highest BCUT2D eigenvalue weighted by molar-refractivity contribution is 7.70. The van der Waals surface area contributed by atoms with Gasteiger partial charge in [-0.1, -0.05) is 19.9 Å². The van der Waals surface area contributed by atoms with Gasteiger partial charge in [0.2, 0.25) is 0 Å². The highest BCUT2D eigenvalue weighted by Crippen LogP contribution is 2.38. The van der Waals surface area contributed by atoms with Gasteiger partial charge < -0.3 is 9.88 Å². The first-order valence-electron chi connectivity index (χ1n) is 6.90. The van der Waals surface area contributed by atoms with Crippen molar-refractivity contribution in [2.24, 2.45) is 0 Å². The molecule has 3 nitrogen and oxygen atoms in total. The van der Waals surface area contributed by atoms with Crippen LogP contribution in [0.5, 0.6) is 0 Å². The number of aromatic nitrogens is 1. The zero-order valence-corrected chi connectivity index (χ0v) is 14.0. The molecule has 0 amide bonds.